The molecular formula is C9H12Cl2N2O2. The average molecular weight is 251 g/mol. The summed E-state index contributed by atoms with van der Waals surface area (Å²) in [5.74, 6) is 0. The standard InChI is InChI=1S/C9H12Cl2N2O2/c1-3-6(5-15-2)13-4-7(10)12-8(11)9(13)14/h4,6H,3,5H2,1-2H3/t6-/m0/s1. The van der Waals surface area contributed by atoms with Gasteiger partial charge in [0.2, 0.25) is 0 Å². The van der Waals surface area contributed by atoms with Crippen molar-refractivity contribution >= 4 is 23.2 Å². The van der Waals surface area contributed by atoms with Crippen LogP contribution in [0.5, 0.6) is 0 Å². The second-order valence-electron chi connectivity index (χ2n) is 3.08. The van der Waals surface area contributed by atoms with E-state index < -0.39 is 0 Å². The largest absolute Gasteiger partial charge is 0.383 e. The predicted octanol–water partition coefficient (Wildman–Crippen LogP) is 2.15. The van der Waals surface area contributed by atoms with Gasteiger partial charge in [-0.1, -0.05) is 30.1 Å². The van der Waals surface area contributed by atoms with Crippen molar-refractivity contribution in [3.63, 3.8) is 0 Å². The van der Waals surface area contributed by atoms with Gasteiger partial charge >= 0.3 is 0 Å². The van der Waals surface area contributed by atoms with Crippen LogP contribution in [0.3, 0.4) is 0 Å². The van der Waals surface area contributed by atoms with E-state index in [2.05, 4.69) is 4.98 Å². The zero-order valence-corrected chi connectivity index (χ0v) is 10.0. The van der Waals surface area contributed by atoms with Crippen molar-refractivity contribution in [2.45, 2.75) is 19.4 Å². The number of methoxy groups -OCH3 is 1. The van der Waals surface area contributed by atoms with E-state index in [1.165, 1.54) is 10.8 Å². The fourth-order valence-electron chi connectivity index (χ4n) is 1.31. The second kappa shape index (κ2) is 5.49. The van der Waals surface area contributed by atoms with Crippen molar-refractivity contribution in [3.05, 3.63) is 26.9 Å². The molecule has 0 aliphatic rings. The Balaban J connectivity index is 3.16. The van der Waals surface area contributed by atoms with Crippen molar-refractivity contribution < 1.29 is 4.74 Å². The van der Waals surface area contributed by atoms with Gasteiger partial charge in [-0.25, -0.2) is 4.98 Å². The molecule has 15 heavy (non-hydrogen) atoms. The molecule has 0 N–H and O–H groups in total. The summed E-state index contributed by atoms with van der Waals surface area (Å²) in [5, 5.41) is 0.0891. The van der Waals surface area contributed by atoms with E-state index in [1.807, 2.05) is 6.92 Å². The first kappa shape index (κ1) is 12.5. The first-order valence-corrected chi connectivity index (χ1v) is 5.28. The highest BCUT2D eigenvalue weighted by Gasteiger charge is 2.13. The van der Waals surface area contributed by atoms with Gasteiger partial charge in [-0.05, 0) is 6.42 Å². The van der Waals surface area contributed by atoms with Crippen LogP contribution in [0.15, 0.2) is 11.0 Å². The lowest BCUT2D eigenvalue weighted by Gasteiger charge is -2.17. The van der Waals surface area contributed by atoms with Crippen molar-refractivity contribution in [2.24, 2.45) is 0 Å². The molecular weight excluding hydrogens is 239 g/mol. The number of aromatic nitrogens is 2. The first-order chi connectivity index (χ1) is 7.10. The molecule has 0 bridgehead atoms. The van der Waals surface area contributed by atoms with Crippen LogP contribution in [0.2, 0.25) is 10.3 Å². The molecule has 0 radical (unpaired) electrons. The van der Waals surface area contributed by atoms with E-state index in [0.29, 0.717) is 6.61 Å². The third kappa shape index (κ3) is 2.93. The summed E-state index contributed by atoms with van der Waals surface area (Å²) in [7, 11) is 1.58. The average Bonchev–Trinajstić information content (AvgIpc) is 2.20. The molecule has 0 aromatic carbocycles. The van der Waals surface area contributed by atoms with Gasteiger partial charge in [0.1, 0.15) is 5.15 Å². The highest BCUT2D eigenvalue weighted by atomic mass is 35.5. The van der Waals surface area contributed by atoms with E-state index in [0.717, 1.165) is 6.42 Å². The Labute approximate surface area is 97.8 Å². The minimum atomic E-state index is -0.343. The molecule has 0 fully saturated rings. The van der Waals surface area contributed by atoms with E-state index in [1.54, 1.807) is 7.11 Å². The van der Waals surface area contributed by atoms with Crippen LogP contribution in [0.4, 0.5) is 0 Å². The minimum Gasteiger partial charge on any atom is -0.383 e. The van der Waals surface area contributed by atoms with Gasteiger partial charge < -0.3 is 9.30 Å². The maximum Gasteiger partial charge on any atom is 0.288 e. The lowest BCUT2D eigenvalue weighted by Crippen LogP contribution is -2.27. The quantitative estimate of drug-likeness (QED) is 0.823. The molecule has 0 spiro atoms. The summed E-state index contributed by atoms with van der Waals surface area (Å²) >= 11 is 11.4. The van der Waals surface area contributed by atoms with Crippen LogP contribution in [-0.2, 0) is 4.74 Å². The number of rotatable bonds is 4. The third-order valence-electron chi connectivity index (χ3n) is 2.09. The highest BCUT2D eigenvalue weighted by molar-refractivity contribution is 6.32. The molecule has 1 heterocycles. The lowest BCUT2D eigenvalue weighted by atomic mass is 10.2. The maximum absolute atomic E-state index is 11.7. The Hall–Kier alpha value is -0.580. The zero-order chi connectivity index (χ0) is 11.4. The molecule has 1 aromatic heterocycles. The first-order valence-electron chi connectivity index (χ1n) is 4.53. The molecule has 0 saturated heterocycles. The Morgan fingerprint density at radius 2 is 2.27 bits per heavy atom. The summed E-state index contributed by atoms with van der Waals surface area (Å²) in [6, 6.07) is -0.0690. The molecule has 0 aliphatic heterocycles. The SMILES string of the molecule is CC[C@@H](COC)n1cc(Cl)nc(Cl)c1=O. The van der Waals surface area contributed by atoms with Crippen LogP contribution in [0.1, 0.15) is 19.4 Å². The maximum atomic E-state index is 11.7. The topological polar surface area (TPSA) is 44.1 Å². The summed E-state index contributed by atoms with van der Waals surface area (Å²) in [4.78, 5) is 15.3. The Kier molecular flexibility index (Phi) is 4.57. The van der Waals surface area contributed by atoms with Crippen LogP contribution in [0.25, 0.3) is 0 Å². The van der Waals surface area contributed by atoms with E-state index >= 15 is 0 Å². The lowest BCUT2D eigenvalue weighted by molar-refractivity contribution is 0.151. The van der Waals surface area contributed by atoms with Crippen molar-refractivity contribution in [1.29, 1.82) is 0 Å². The molecule has 0 saturated carbocycles. The Bertz CT molecular complexity index is 392. The van der Waals surface area contributed by atoms with Crippen LogP contribution >= 0.6 is 23.2 Å². The number of nitrogens with zero attached hydrogens (tertiary/aromatic N) is 2. The van der Waals surface area contributed by atoms with Gasteiger partial charge in [-0.2, -0.15) is 0 Å². The van der Waals surface area contributed by atoms with Crippen molar-refractivity contribution in [3.8, 4) is 0 Å². The number of halogens is 2. The monoisotopic (exact) mass is 250 g/mol. The summed E-state index contributed by atoms with van der Waals surface area (Å²) in [6.45, 7) is 2.39. The molecule has 6 heteroatoms. The molecule has 4 nitrogen and oxygen atoms in total. The third-order valence-corrected chi connectivity index (χ3v) is 2.51. The predicted molar refractivity (Wildman–Crippen MR) is 59.7 cm³/mol. The van der Waals surface area contributed by atoms with Crippen LogP contribution < -0.4 is 5.56 Å². The van der Waals surface area contributed by atoms with Crippen LogP contribution in [0, 0.1) is 0 Å². The van der Waals surface area contributed by atoms with Crippen molar-refractivity contribution in [1.82, 2.24) is 9.55 Å². The highest BCUT2D eigenvalue weighted by Crippen LogP contribution is 2.13. The minimum absolute atomic E-state index is 0.0690. The fraction of sp³-hybridized carbons (Fsp3) is 0.556. The van der Waals surface area contributed by atoms with Gasteiger partial charge in [0.15, 0.2) is 5.15 Å². The zero-order valence-electron chi connectivity index (χ0n) is 8.54. The Morgan fingerprint density at radius 3 is 2.80 bits per heavy atom. The summed E-state index contributed by atoms with van der Waals surface area (Å²) in [5.41, 5.74) is -0.343. The van der Waals surface area contributed by atoms with Gasteiger partial charge in [0.25, 0.3) is 5.56 Å². The number of hydrogen-bond donors (Lipinski definition) is 0. The fourth-order valence-corrected chi connectivity index (χ4v) is 1.73. The van der Waals surface area contributed by atoms with Gasteiger partial charge in [-0.15, -0.1) is 0 Å². The van der Waals surface area contributed by atoms with E-state index in [4.69, 9.17) is 27.9 Å². The Morgan fingerprint density at radius 1 is 1.60 bits per heavy atom. The number of ether oxygens (including phenoxy) is 1. The molecule has 0 aliphatic carbocycles. The molecule has 0 amide bonds. The molecule has 1 aromatic rings. The van der Waals surface area contributed by atoms with E-state index in [9.17, 15) is 4.79 Å². The summed E-state index contributed by atoms with van der Waals surface area (Å²) < 4.78 is 6.48. The van der Waals surface area contributed by atoms with Gasteiger partial charge in [-0.3, -0.25) is 4.79 Å². The van der Waals surface area contributed by atoms with Crippen LogP contribution in [-0.4, -0.2) is 23.3 Å². The van der Waals surface area contributed by atoms with E-state index in [-0.39, 0.29) is 21.9 Å². The van der Waals surface area contributed by atoms with Gasteiger partial charge in [0, 0.05) is 13.3 Å². The molecule has 84 valence electrons. The normalized spacial score (nSPS) is 12.8. The summed E-state index contributed by atoms with van der Waals surface area (Å²) in [6.07, 6.45) is 2.23. The second-order valence-corrected chi connectivity index (χ2v) is 3.83. The molecule has 0 unspecified atom stereocenters. The molecule has 1 rings (SSSR count). The number of hydrogen-bond acceptors (Lipinski definition) is 3. The van der Waals surface area contributed by atoms with Crippen molar-refractivity contribution in [2.75, 3.05) is 13.7 Å². The smallest absolute Gasteiger partial charge is 0.288 e. The van der Waals surface area contributed by atoms with Gasteiger partial charge in [0.05, 0.1) is 12.6 Å². The molecule has 1 atom stereocenters.